The van der Waals surface area contributed by atoms with E-state index in [0.717, 1.165) is 23.5 Å². The first kappa shape index (κ1) is 44.9. The Bertz CT molecular complexity index is 1860. The first-order chi connectivity index (χ1) is 24.3. The van der Waals surface area contributed by atoms with Crippen molar-refractivity contribution in [2.75, 3.05) is 44.0 Å². The van der Waals surface area contributed by atoms with E-state index < -0.39 is 94.4 Å². The molecular formula is C24H42N7O18P3S. The minimum Gasteiger partial charge on any atom is -0.386 e. The monoisotopic (exact) mass is 841 g/mol. The first-order valence-corrected chi connectivity index (χ1v) is 22.0. The van der Waals surface area contributed by atoms with Crippen molar-refractivity contribution in [1.82, 2.24) is 30.2 Å². The summed E-state index contributed by atoms with van der Waals surface area (Å²) in [5.41, 5.74) is 4.23. The van der Waals surface area contributed by atoms with Gasteiger partial charge in [0.2, 0.25) is 11.8 Å². The zero-order valence-electron chi connectivity index (χ0n) is 28.4. The van der Waals surface area contributed by atoms with Gasteiger partial charge in [-0.15, -0.1) is 0 Å². The molecule has 1 aliphatic heterocycles. The number of anilines is 1. The van der Waals surface area contributed by atoms with E-state index in [-0.39, 0.29) is 42.2 Å². The number of rotatable bonds is 21. The number of phosphoric acid groups is 3. The summed E-state index contributed by atoms with van der Waals surface area (Å²) in [7, 11) is -19.5. The fourth-order valence-corrected chi connectivity index (χ4v) is 8.21. The number of phosphoric ester groups is 3. The Morgan fingerprint density at radius 1 is 1.06 bits per heavy atom. The molecule has 302 valence electrons. The highest BCUT2D eigenvalue weighted by atomic mass is 32.2. The molecule has 0 bridgehead atoms. The number of ether oxygens (including phenoxy) is 1. The number of carbonyl (C=O) groups excluding carboxylic acids is 2. The van der Waals surface area contributed by atoms with E-state index in [2.05, 4.69) is 34.4 Å². The van der Waals surface area contributed by atoms with Gasteiger partial charge in [0.25, 0.3) is 0 Å². The third-order valence-electron chi connectivity index (χ3n) is 7.34. The summed E-state index contributed by atoms with van der Waals surface area (Å²) < 4.78 is 84.1. The quantitative estimate of drug-likeness (QED) is 0.0496. The summed E-state index contributed by atoms with van der Waals surface area (Å²) in [6.07, 6.45) is -5.10. The molecule has 2 aromatic heterocycles. The number of nitrogen functional groups attached to an aromatic ring is 1. The molecule has 3 rings (SSSR count). The molecule has 0 aliphatic carbocycles. The van der Waals surface area contributed by atoms with Crippen molar-refractivity contribution in [3.8, 4) is 0 Å². The van der Waals surface area contributed by atoms with Crippen LogP contribution in [0.2, 0.25) is 0 Å². The van der Waals surface area contributed by atoms with E-state index in [0.29, 0.717) is 12.8 Å². The summed E-state index contributed by atoms with van der Waals surface area (Å²) >= 11 is 0. The van der Waals surface area contributed by atoms with Crippen LogP contribution in [0, 0.1) is 5.41 Å². The van der Waals surface area contributed by atoms with Crippen LogP contribution in [-0.4, -0.2) is 132 Å². The second-order valence-corrected chi connectivity index (χ2v) is 18.9. The number of nitrogens with one attached hydrogen (secondary N) is 2. The molecule has 2 amide bonds. The normalized spacial score (nSPS) is 22.6. The van der Waals surface area contributed by atoms with Crippen molar-refractivity contribution in [1.29, 1.82) is 0 Å². The summed E-state index contributed by atoms with van der Waals surface area (Å²) in [5, 5.41) is 26.2. The van der Waals surface area contributed by atoms with Crippen LogP contribution in [0.15, 0.2) is 12.7 Å². The van der Waals surface area contributed by atoms with Gasteiger partial charge in [-0.25, -0.2) is 37.1 Å². The lowest BCUT2D eigenvalue weighted by Gasteiger charge is -2.30. The molecule has 0 aromatic carbocycles. The predicted molar refractivity (Wildman–Crippen MR) is 179 cm³/mol. The number of carbonyl (C=O) groups is 2. The van der Waals surface area contributed by atoms with E-state index in [1.165, 1.54) is 13.8 Å². The highest BCUT2D eigenvalue weighted by Gasteiger charge is 2.50. The van der Waals surface area contributed by atoms with Crippen LogP contribution < -0.4 is 16.4 Å². The molecule has 0 saturated carbocycles. The molecule has 2 unspecified atom stereocenters. The number of sulfone groups is 1. The second-order valence-electron chi connectivity index (χ2n) is 12.4. The van der Waals surface area contributed by atoms with Crippen molar-refractivity contribution in [3.63, 3.8) is 0 Å². The molecule has 0 radical (unpaired) electrons. The minimum atomic E-state index is -5.57. The Labute approximate surface area is 301 Å². The van der Waals surface area contributed by atoms with Gasteiger partial charge in [-0.1, -0.05) is 13.8 Å². The molecule has 10 N–H and O–H groups in total. The Morgan fingerprint density at radius 2 is 1.72 bits per heavy atom. The van der Waals surface area contributed by atoms with Gasteiger partial charge >= 0.3 is 23.5 Å². The van der Waals surface area contributed by atoms with Gasteiger partial charge < -0.3 is 50.9 Å². The Hall–Kier alpha value is -2.51. The van der Waals surface area contributed by atoms with Crippen LogP contribution in [0.4, 0.5) is 5.82 Å². The maximum atomic E-state index is 12.6. The average Bonchev–Trinajstić information content (AvgIpc) is 3.58. The lowest BCUT2D eigenvalue weighted by molar-refractivity contribution is -0.137. The van der Waals surface area contributed by atoms with Crippen LogP contribution in [-0.2, 0) is 55.7 Å². The molecular weight excluding hydrogens is 799 g/mol. The van der Waals surface area contributed by atoms with Gasteiger partial charge in [0.15, 0.2) is 17.7 Å². The van der Waals surface area contributed by atoms with Crippen molar-refractivity contribution >= 4 is 62.1 Å². The molecule has 3 heterocycles. The molecule has 1 aliphatic rings. The fraction of sp³-hybridized carbons (Fsp3) is 0.708. The molecule has 1 fully saturated rings. The summed E-state index contributed by atoms with van der Waals surface area (Å²) in [6, 6.07) is 0. The number of aliphatic hydroxyl groups is 2. The highest BCUT2D eigenvalue weighted by molar-refractivity contribution is 7.90. The smallest absolute Gasteiger partial charge is 0.386 e. The third kappa shape index (κ3) is 13.9. The van der Waals surface area contributed by atoms with Gasteiger partial charge in [0.1, 0.15) is 46.1 Å². The van der Waals surface area contributed by atoms with E-state index in [1.54, 1.807) is 0 Å². The number of nitrogens with zero attached hydrogens (tertiary/aromatic N) is 4. The largest absolute Gasteiger partial charge is 0.481 e. The standard InChI is InChI=1S/C24H42N7O18P3S/c1-24(2,19(34)22(35)27-8-6-15(32)26-7-4-5-9-53(3,43)44)11-46-52(41,42)49-51(39,40)45-10-14-18(48-50(36,37)38)17(33)23(47-14)31-13-30-16-20(25)28-12-29-21(16)31/h12-14,17-19,23,33-34H,4-11H2,1-3H3,(H,26,32)(H,27,35)(H,39,40)(H,41,42)(H2,25,28,29)(H2,36,37,38)/t14-,17-,18-,19+,23-/m1/s1. The topological polar surface area (TPSA) is 381 Å². The van der Waals surface area contributed by atoms with Gasteiger partial charge in [-0.3, -0.25) is 27.7 Å². The number of nitrogens with two attached hydrogens (primary N) is 1. The SMILES string of the molecule is CC(C)(COP(=O)(O)OP(=O)(O)OC[C@H]1O[C@@H](n2cnc3c(N)ncnc32)[C@H](O)[C@@H]1OP(=O)(O)O)[C@@H](O)C(=O)NCCC(=O)NCCCCS(C)(=O)=O. The number of hydrogen-bond acceptors (Lipinski definition) is 18. The van der Waals surface area contributed by atoms with E-state index in [1.807, 2.05) is 0 Å². The number of aromatic nitrogens is 4. The minimum absolute atomic E-state index is 0.0242. The maximum Gasteiger partial charge on any atom is 0.481 e. The number of imidazole rings is 1. The van der Waals surface area contributed by atoms with Crippen LogP contribution in [0.3, 0.4) is 0 Å². The highest BCUT2D eigenvalue weighted by Crippen LogP contribution is 2.61. The third-order valence-corrected chi connectivity index (χ3v) is 11.5. The Morgan fingerprint density at radius 3 is 2.36 bits per heavy atom. The van der Waals surface area contributed by atoms with Crippen molar-refractivity contribution < 1.29 is 84.1 Å². The predicted octanol–water partition coefficient (Wildman–Crippen LogP) is -1.77. The van der Waals surface area contributed by atoms with Gasteiger partial charge in [0, 0.05) is 36.9 Å². The second kappa shape index (κ2) is 18.0. The lowest BCUT2D eigenvalue weighted by Crippen LogP contribution is -2.46. The molecule has 0 spiro atoms. The summed E-state index contributed by atoms with van der Waals surface area (Å²) in [4.78, 5) is 75.2. The number of unbranched alkanes of at least 4 members (excludes halogenated alkanes) is 1. The first-order valence-electron chi connectivity index (χ1n) is 15.4. The number of amides is 2. The van der Waals surface area contributed by atoms with Crippen LogP contribution in [0.5, 0.6) is 0 Å². The molecule has 7 atom stereocenters. The summed E-state index contributed by atoms with van der Waals surface area (Å²) in [6.45, 7) is 0.443. The zero-order valence-corrected chi connectivity index (χ0v) is 31.9. The van der Waals surface area contributed by atoms with Crippen LogP contribution in [0.25, 0.3) is 11.2 Å². The zero-order chi connectivity index (χ0) is 40.0. The molecule has 1 saturated heterocycles. The average molecular weight is 842 g/mol. The number of aliphatic hydroxyl groups excluding tert-OH is 2. The van der Waals surface area contributed by atoms with E-state index in [9.17, 15) is 61.5 Å². The molecule has 29 heteroatoms. The van der Waals surface area contributed by atoms with Crippen LogP contribution in [0.1, 0.15) is 39.3 Å². The lowest BCUT2D eigenvalue weighted by atomic mass is 9.87. The van der Waals surface area contributed by atoms with Gasteiger partial charge in [-0.2, -0.15) is 4.31 Å². The van der Waals surface area contributed by atoms with Crippen molar-refractivity contribution in [2.24, 2.45) is 5.41 Å². The Balaban J connectivity index is 1.52. The van der Waals surface area contributed by atoms with Gasteiger partial charge in [-0.05, 0) is 12.8 Å². The van der Waals surface area contributed by atoms with Crippen molar-refractivity contribution in [3.05, 3.63) is 12.7 Å². The number of fused-ring (bicyclic) bond motifs is 1. The maximum absolute atomic E-state index is 12.6. The number of hydrogen-bond donors (Lipinski definition) is 9. The Kier molecular flexibility index (Phi) is 15.2. The van der Waals surface area contributed by atoms with Crippen LogP contribution >= 0.6 is 23.5 Å². The molecule has 2 aromatic rings. The summed E-state index contributed by atoms with van der Waals surface area (Å²) in [5.74, 6) is -1.52. The van der Waals surface area contributed by atoms with Gasteiger partial charge in [0.05, 0.1) is 19.5 Å². The van der Waals surface area contributed by atoms with Crippen molar-refractivity contribution in [2.45, 2.75) is 63.8 Å². The fourth-order valence-electron chi connectivity index (χ4n) is 4.66. The molecule has 53 heavy (non-hydrogen) atoms. The molecule has 25 nitrogen and oxygen atoms in total. The van der Waals surface area contributed by atoms with E-state index in [4.69, 9.17) is 19.5 Å². The van der Waals surface area contributed by atoms with E-state index >= 15 is 0 Å².